The highest BCUT2D eigenvalue weighted by Crippen LogP contribution is 2.56. The van der Waals surface area contributed by atoms with Gasteiger partial charge in [0.1, 0.15) is 17.2 Å². The van der Waals surface area contributed by atoms with Crippen LogP contribution in [0.5, 0.6) is 17.2 Å². The van der Waals surface area contributed by atoms with Crippen molar-refractivity contribution >= 4 is 5.78 Å². The SMILES string of the molecule is CCC(C)(CC)c1ccc(C(=O)c2ccc(Oc3ccc(C(c4ccc(O)cc4)(C(F)(F)F)C(F)(F)F)cc3)cc2)cc1. The fourth-order valence-corrected chi connectivity index (χ4v) is 5.13. The summed E-state index contributed by atoms with van der Waals surface area (Å²) in [5.74, 6) is -0.445. The zero-order valence-corrected chi connectivity index (χ0v) is 23.7. The molecule has 0 fully saturated rings. The average Bonchev–Trinajstić information content (AvgIpc) is 2.97. The molecule has 0 spiro atoms. The molecule has 226 valence electrons. The van der Waals surface area contributed by atoms with E-state index < -0.39 is 34.6 Å². The molecule has 9 heteroatoms. The van der Waals surface area contributed by atoms with Crippen LogP contribution in [-0.4, -0.2) is 23.2 Å². The normalized spacial score (nSPS) is 12.7. The van der Waals surface area contributed by atoms with Crippen LogP contribution in [0.3, 0.4) is 0 Å². The second-order valence-corrected chi connectivity index (χ2v) is 10.6. The molecule has 4 rings (SSSR count). The molecule has 0 saturated carbocycles. The highest BCUT2D eigenvalue weighted by atomic mass is 19.4. The molecule has 0 aliphatic rings. The summed E-state index contributed by atoms with van der Waals surface area (Å²) in [6.07, 6.45) is -9.58. The van der Waals surface area contributed by atoms with E-state index in [-0.39, 0.29) is 22.7 Å². The van der Waals surface area contributed by atoms with Crippen molar-refractivity contribution < 1.29 is 41.0 Å². The van der Waals surface area contributed by atoms with Crippen molar-refractivity contribution in [1.82, 2.24) is 0 Å². The maximum Gasteiger partial charge on any atom is 0.411 e. The van der Waals surface area contributed by atoms with Crippen molar-refractivity contribution in [3.63, 3.8) is 0 Å². The van der Waals surface area contributed by atoms with E-state index in [9.17, 15) is 36.2 Å². The number of ketones is 1. The molecule has 0 aromatic heterocycles. The molecule has 4 aromatic rings. The maximum atomic E-state index is 14.3. The lowest BCUT2D eigenvalue weighted by molar-refractivity contribution is -0.288. The van der Waals surface area contributed by atoms with E-state index in [1.165, 1.54) is 24.3 Å². The lowest BCUT2D eigenvalue weighted by Gasteiger charge is -2.38. The van der Waals surface area contributed by atoms with E-state index in [2.05, 4.69) is 20.8 Å². The van der Waals surface area contributed by atoms with Gasteiger partial charge >= 0.3 is 12.4 Å². The number of ether oxygens (including phenoxy) is 1. The van der Waals surface area contributed by atoms with Gasteiger partial charge in [0.05, 0.1) is 0 Å². The van der Waals surface area contributed by atoms with Crippen LogP contribution in [0, 0.1) is 0 Å². The molecule has 0 heterocycles. The molecular weight excluding hydrogens is 570 g/mol. The van der Waals surface area contributed by atoms with Crippen molar-refractivity contribution in [2.24, 2.45) is 0 Å². The van der Waals surface area contributed by atoms with Crippen molar-refractivity contribution in [3.8, 4) is 17.2 Å². The van der Waals surface area contributed by atoms with Crippen LogP contribution in [0.15, 0.2) is 97.1 Å². The number of aromatic hydroxyl groups is 1. The van der Waals surface area contributed by atoms with Crippen LogP contribution < -0.4 is 4.74 Å². The summed E-state index contributed by atoms with van der Waals surface area (Å²) in [5, 5.41) is 9.44. The number of carbonyl (C=O) groups is 1. The van der Waals surface area contributed by atoms with Crippen LogP contribution in [0.2, 0.25) is 0 Å². The summed E-state index contributed by atoms with van der Waals surface area (Å²) in [4.78, 5) is 13.0. The smallest absolute Gasteiger partial charge is 0.411 e. The van der Waals surface area contributed by atoms with Gasteiger partial charge in [-0.15, -0.1) is 0 Å². The lowest BCUT2D eigenvalue weighted by atomic mass is 9.73. The number of rotatable bonds is 9. The van der Waals surface area contributed by atoms with E-state index in [1.54, 1.807) is 12.1 Å². The molecule has 0 radical (unpaired) electrons. The van der Waals surface area contributed by atoms with E-state index in [0.29, 0.717) is 35.4 Å². The number of alkyl halides is 6. The number of halogens is 6. The predicted molar refractivity (Wildman–Crippen MR) is 152 cm³/mol. The summed E-state index contributed by atoms with van der Waals surface area (Å²) in [7, 11) is 0. The fourth-order valence-electron chi connectivity index (χ4n) is 5.13. The van der Waals surface area contributed by atoms with E-state index in [0.717, 1.165) is 42.7 Å². The topological polar surface area (TPSA) is 46.5 Å². The second kappa shape index (κ2) is 11.8. The van der Waals surface area contributed by atoms with E-state index in [1.807, 2.05) is 12.1 Å². The van der Waals surface area contributed by atoms with E-state index >= 15 is 0 Å². The minimum Gasteiger partial charge on any atom is -0.508 e. The van der Waals surface area contributed by atoms with Crippen LogP contribution >= 0.6 is 0 Å². The fraction of sp³-hybridized carbons (Fsp3) is 0.265. The summed E-state index contributed by atoms with van der Waals surface area (Å²) in [6, 6.07) is 19.7. The van der Waals surface area contributed by atoms with Crippen molar-refractivity contribution in [1.29, 1.82) is 0 Å². The number of phenolic OH excluding ortho intramolecular Hbond substituents is 1. The van der Waals surface area contributed by atoms with Crippen molar-refractivity contribution in [2.45, 2.75) is 56.8 Å². The van der Waals surface area contributed by atoms with Gasteiger partial charge in [-0.2, -0.15) is 26.3 Å². The molecule has 4 aromatic carbocycles. The zero-order valence-electron chi connectivity index (χ0n) is 23.7. The Morgan fingerprint density at radius 3 is 1.35 bits per heavy atom. The van der Waals surface area contributed by atoms with Gasteiger partial charge in [0.2, 0.25) is 5.41 Å². The Balaban J connectivity index is 1.56. The highest BCUT2D eigenvalue weighted by molar-refractivity contribution is 6.09. The molecule has 0 aliphatic heterocycles. The minimum absolute atomic E-state index is 0.00253. The first-order valence-corrected chi connectivity index (χ1v) is 13.6. The predicted octanol–water partition coefficient (Wildman–Crippen LogP) is 9.90. The van der Waals surface area contributed by atoms with Gasteiger partial charge in [-0.3, -0.25) is 4.79 Å². The maximum absolute atomic E-state index is 14.3. The molecule has 3 nitrogen and oxygen atoms in total. The Morgan fingerprint density at radius 2 is 0.953 bits per heavy atom. The van der Waals surface area contributed by atoms with Crippen LogP contribution in [0.1, 0.15) is 66.2 Å². The van der Waals surface area contributed by atoms with Crippen LogP contribution in [0.25, 0.3) is 0 Å². The summed E-state index contributed by atoms with van der Waals surface area (Å²) >= 11 is 0. The molecule has 0 aliphatic carbocycles. The summed E-state index contributed by atoms with van der Waals surface area (Å²) in [6.45, 7) is 6.42. The highest BCUT2D eigenvalue weighted by Gasteiger charge is 2.72. The lowest BCUT2D eigenvalue weighted by Crippen LogP contribution is -2.54. The standard InChI is InChI=1S/C34H30F6O3/c1-4-31(3,5-2)24-10-6-22(7-11-24)30(42)23-8-18-28(19-9-23)43-29-20-14-26(15-21-29)32(33(35,36)37,34(38,39)40)25-12-16-27(41)17-13-25/h6-21,41H,4-5H2,1-3H3. The van der Waals surface area contributed by atoms with E-state index in [4.69, 9.17) is 4.74 Å². The largest absolute Gasteiger partial charge is 0.508 e. The molecule has 1 N–H and O–H groups in total. The second-order valence-electron chi connectivity index (χ2n) is 10.6. The molecular formula is C34H30F6O3. The van der Waals surface area contributed by atoms with Gasteiger partial charge in [-0.1, -0.05) is 69.3 Å². The number of benzene rings is 4. The van der Waals surface area contributed by atoms with Gasteiger partial charge in [-0.25, -0.2) is 0 Å². The summed E-state index contributed by atoms with van der Waals surface area (Å²) in [5.41, 5.74) is -4.42. The first-order valence-electron chi connectivity index (χ1n) is 13.6. The third-order valence-electron chi connectivity index (χ3n) is 8.19. The first kappa shape index (κ1) is 31.7. The van der Waals surface area contributed by atoms with Gasteiger partial charge < -0.3 is 9.84 Å². The van der Waals surface area contributed by atoms with Crippen LogP contribution in [-0.2, 0) is 10.8 Å². The monoisotopic (exact) mass is 600 g/mol. The molecule has 0 saturated heterocycles. The first-order chi connectivity index (χ1) is 20.2. The van der Waals surface area contributed by atoms with Gasteiger partial charge in [-0.05, 0) is 83.5 Å². The Kier molecular flexibility index (Phi) is 8.67. The Labute approximate surface area is 245 Å². The molecule has 0 amide bonds. The minimum atomic E-state index is -5.75. The zero-order chi connectivity index (χ0) is 31.6. The summed E-state index contributed by atoms with van der Waals surface area (Å²) < 4.78 is 91.3. The number of hydrogen-bond acceptors (Lipinski definition) is 3. The molecule has 0 atom stereocenters. The van der Waals surface area contributed by atoms with Gasteiger partial charge in [0.15, 0.2) is 5.78 Å². The average molecular weight is 601 g/mol. The molecule has 0 unspecified atom stereocenters. The third-order valence-corrected chi connectivity index (χ3v) is 8.19. The quantitative estimate of drug-likeness (QED) is 0.154. The molecule has 43 heavy (non-hydrogen) atoms. The Bertz CT molecular complexity index is 1520. The van der Waals surface area contributed by atoms with Crippen LogP contribution in [0.4, 0.5) is 26.3 Å². The number of hydrogen-bond donors (Lipinski definition) is 1. The van der Waals surface area contributed by atoms with Crippen molar-refractivity contribution in [3.05, 3.63) is 125 Å². The van der Waals surface area contributed by atoms with Crippen molar-refractivity contribution in [2.75, 3.05) is 0 Å². The van der Waals surface area contributed by atoms with Gasteiger partial charge in [0.25, 0.3) is 0 Å². The Hall–Kier alpha value is -4.27. The van der Waals surface area contributed by atoms with Gasteiger partial charge in [0, 0.05) is 11.1 Å². The third kappa shape index (κ3) is 5.98. The Morgan fingerprint density at radius 1 is 0.605 bits per heavy atom. The molecule has 0 bridgehead atoms. The number of carbonyl (C=O) groups excluding carboxylic acids is 1. The number of phenols is 1.